The van der Waals surface area contributed by atoms with Crippen LogP contribution in [0.15, 0.2) is 27.8 Å². The van der Waals surface area contributed by atoms with E-state index in [9.17, 15) is 27.9 Å². The van der Waals surface area contributed by atoms with Crippen LogP contribution in [0, 0.1) is 0 Å². The number of alkyl halides is 3. The molecule has 34 heavy (non-hydrogen) atoms. The fourth-order valence-corrected chi connectivity index (χ4v) is 4.62. The zero-order chi connectivity index (χ0) is 25.1. The van der Waals surface area contributed by atoms with Crippen molar-refractivity contribution in [2.75, 3.05) is 18.5 Å². The molecular formula is C22H24ClF3N4O4. The van der Waals surface area contributed by atoms with Gasteiger partial charge in [0.05, 0.1) is 18.5 Å². The van der Waals surface area contributed by atoms with E-state index in [1.165, 1.54) is 13.1 Å². The average Bonchev–Trinajstić information content (AvgIpc) is 3.35. The van der Waals surface area contributed by atoms with Crippen molar-refractivity contribution in [3.63, 3.8) is 0 Å². The number of hydrogen-bond donors (Lipinski definition) is 4. The highest BCUT2D eigenvalue weighted by Gasteiger charge is 2.56. The van der Waals surface area contributed by atoms with Gasteiger partial charge in [0.1, 0.15) is 17.2 Å². The molecule has 4 rings (SSSR count). The number of nitrogens with one attached hydrogen (secondary N) is 3. The van der Waals surface area contributed by atoms with Crippen LogP contribution >= 0.6 is 11.6 Å². The summed E-state index contributed by atoms with van der Waals surface area (Å²) in [5, 5.41) is 13.8. The second kappa shape index (κ2) is 8.09. The number of nitrogens with zero attached hydrogens (tertiary/aromatic N) is 1. The number of anilines is 1. The molecule has 0 spiro atoms. The summed E-state index contributed by atoms with van der Waals surface area (Å²) in [6.45, 7) is 2.69. The van der Waals surface area contributed by atoms with Crippen LogP contribution in [0.4, 0.5) is 19.0 Å². The second-order valence-electron chi connectivity index (χ2n) is 9.25. The minimum atomic E-state index is -4.98. The van der Waals surface area contributed by atoms with Crippen molar-refractivity contribution in [2.45, 2.75) is 43.9 Å². The lowest BCUT2D eigenvalue weighted by molar-refractivity contribution is -0.260. The lowest BCUT2D eigenvalue weighted by atomic mass is 9.74. The van der Waals surface area contributed by atoms with Gasteiger partial charge < -0.3 is 20.1 Å². The van der Waals surface area contributed by atoms with E-state index in [1.807, 2.05) is 0 Å². The molecule has 3 heterocycles. The number of ether oxygens (including phenoxy) is 1. The fourth-order valence-electron chi connectivity index (χ4n) is 4.38. The first kappa shape index (κ1) is 24.2. The SMILES string of the molecule is Cn1c(=O)[nH]c2[nH]c(NCC(O)(CC(C)(C)c3cc(Cl)cc4c3OCC4)C(F)(F)F)cc2c1=O. The molecule has 3 aromatic rings. The number of aromatic amines is 2. The number of hydrogen-bond acceptors (Lipinski definition) is 5. The summed E-state index contributed by atoms with van der Waals surface area (Å²) in [4.78, 5) is 29.1. The Morgan fingerprint density at radius 3 is 2.59 bits per heavy atom. The molecule has 12 heteroatoms. The number of fused-ring (bicyclic) bond motifs is 2. The van der Waals surface area contributed by atoms with Gasteiger partial charge in [-0.3, -0.25) is 14.3 Å². The summed E-state index contributed by atoms with van der Waals surface area (Å²) in [7, 11) is 1.28. The lowest BCUT2D eigenvalue weighted by Gasteiger charge is -2.38. The van der Waals surface area contributed by atoms with Crippen LogP contribution in [-0.2, 0) is 18.9 Å². The standard InChI is InChI=1S/C22H24ClF3N4O4/c1-20(2,14-7-12(23)6-11-4-5-34-16(11)14)9-21(33,22(24,25)26)10-27-15-8-13-17(28-15)29-19(32)30(3)18(13)31/h6-8,27-28,33H,4-5,9-10H2,1-3H3,(H,29,32). The van der Waals surface area contributed by atoms with E-state index < -0.39 is 41.4 Å². The van der Waals surface area contributed by atoms with Gasteiger partial charge in [-0.1, -0.05) is 25.4 Å². The molecule has 184 valence electrons. The summed E-state index contributed by atoms with van der Waals surface area (Å²) < 4.78 is 48.9. The van der Waals surface area contributed by atoms with Crippen molar-refractivity contribution < 1.29 is 23.0 Å². The molecule has 1 atom stereocenters. The van der Waals surface area contributed by atoms with Crippen LogP contribution in [0.3, 0.4) is 0 Å². The molecule has 1 aliphatic rings. The average molecular weight is 501 g/mol. The Kier molecular flexibility index (Phi) is 5.76. The van der Waals surface area contributed by atoms with Crippen LogP contribution < -0.4 is 21.3 Å². The predicted octanol–water partition coefficient (Wildman–Crippen LogP) is 3.22. The maximum atomic E-state index is 14.1. The maximum Gasteiger partial charge on any atom is 0.418 e. The third kappa shape index (κ3) is 4.18. The van der Waals surface area contributed by atoms with Gasteiger partial charge in [0.15, 0.2) is 5.60 Å². The number of aliphatic hydroxyl groups is 1. The van der Waals surface area contributed by atoms with E-state index in [-0.39, 0.29) is 16.9 Å². The zero-order valence-electron chi connectivity index (χ0n) is 18.7. The minimum Gasteiger partial charge on any atom is -0.493 e. The largest absolute Gasteiger partial charge is 0.493 e. The van der Waals surface area contributed by atoms with Gasteiger partial charge in [0.2, 0.25) is 0 Å². The van der Waals surface area contributed by atoms with Crippen molar-refractivity contribution in [1.82, 2.24) is 14.5 Å². The summed E-state index contributed by atoms with van der Waals surface area (Å²) in [5.41, 5.74) is -4.20. The maximum absolute atomic E-state index is 14.1. The van der Waals surface area contributed by atoms with Gasteiger partial charge >= 0.3 is 11.9 Å². The molecule has 4 N–H and O–H groups in total. The van der Waals surface area contributed by atoms with Crippen LogP contribution in [0.25, 0.3) is 11.0 Å². The molecular weight excluding hydrogens is 477 g/mol. The smallest absolute Gasteiger partial charge is 0.418 e. The Labute approximate surface area is 196 Å². The van der Waals surface area contributed by atoms with Crippen molar-refractivity contribution in [3.8, 4) is 5.75 Å². The molecule has 8 nitrogen and oxygen atoms in total. The lowest BCUT2D eigenvalue weighted by Crippen LogP contribution is -2.53. The normalized spacial score (nSPS) is 15.8. The Balaban J connectivity index is 1.65. The van der Waals surface area contributed by atoms with E-state index in [4.69, 9.17) is 16.3 Å². The molecule has 0 bridgehead atoms. The van der Waals surface area contributed by atoms with Gasteiger partial charge in [-0.25, -0.2) is 4.79 Å². The molecule has 1 aromatic carbocycles. The van der Waals surface area contributed by atoms with Gasteiger partial charge in [0, 0.05) is 24.1 Å². The van der Waals surface area contributed by atoms with Crippen molar-refractivity contribution in [1.29, 1.82) is 0 Å². The Bertz CT molecular complexity index is 1380. The molecule has 0 aliphatic carbocycles. The molecule has 2 aromatic heterocycles. The first-order valence-electron chi connectivity index (χ1n) is 10.5. The van der Waals surface area contributed by atoms with Gasteiger partial charge in [-0.2, -0.15) is 13.2 Å². The van der Waals surface area contributed by atoms with Gasteiger partial charge in [-0.05, 0) is 35.6 Å². The first-order chi connectivity index (χ1) is 15.7. The summed E-state index contributed by atoms with van der Waals surface area (Å²) in [6, 6.07) is 4.58. The zero-order valence-corrected chi connectivity index (χ0v) is 19.4. The molecule has 0 fully saturated rings. The highest BCUT2D eigenvalue weighted by Crippen LogP contribution is 2.46. The molecule has 0 amide bonds. The third-order valence-electron chi connectivity index (χ3n) is 6.20. The predicted molar refractivity (Wildman–Crippen MR) is 122 cm³/mol. The first-order valence-corrected chi connectivity index (χ1v) is 10.9. The van der Waals surface area contributed by atoms with E-state index >= 15 is 0 Å². The molecule has 1 unspecified atom stereocenters. The van der Waals surface area contributed by atoms with Crippen molar-refractivity contribution >= 4 is 28.5 Å². The van der Waals surface area contributed by atoms with E-state index in [0.717, 1.165) is 10.1 Å². The quantitative estimate of drug-likeness (QED) is 0.415. The van der Waals surface area contributed by atoms with E-state index in [2.05, 4.69) is 15.3 Å². The molecule has 1 aliphatic heterocycles. The van der Waals surface area contributed by atoms with Gasteiger partial charge in [0.25, 0.3) is 5.56 Å². The molecule has 0 radical (unpaired) electrons. The van der Waals surface area contributed by atoms with Crippen molar-refractivity contribution in [2.24, 2.45) is 7.05 Å². The number of rotatable bonds is 6. The summed E-state index contributed by atoms with van der Waals surface area (Å²) in [6.07, 6.45) is -5.06. The third-order valence-corrected chi connectivity index (χ3v) is 6.42. The Hall–Kier alpha value is -2.92. The number of aromatic nitrogens is 3. The van der Waals surface area contributed by atoms with Gasteiger partial charge in [-0.15, -0.1) is 0 Å². The Morgan fingerprint density at radius 2 is 1.91 bits per heavy atom. The molecule has 0 saturated carbocycles. The monoisotopic (exact) mass is 500 g/mol. The van der Waals surface area contributed by atoms with E-state index in [0.29, 0.717) is 29.4 Å². The molecule has 0 saturated heterocycles. The number of H-pyrrole nitrogens is 2. The second-order valence-corrected chi connectivity index (χ2v) is 9.69. The highest BCUT2D eigenvalue weighted by atomic mass is 35.5. The summed E-state index contributed by atoms with van der Waals surface area (Å²) in [5.74, 6) is 0.545. The number of benzene rings is 1. The number of halogens is 4. The van der Waals surface area contributed by atoms with Crippen LogP contribution in [0.2, 0.25) is 5.02 Å². The van der Waals surface area contributed by atoms with E-state index in [1.54, 1.807) is 26.0 Å². The highest BCUT2D eigenvalue weighted by molar-refractivity contribution is 6.30. The minimum absolute atomic E-state index is 0.0430. The topological polar surface area (TPSA) is 112 Å². The van der Waals surface area contributed by atoms with Crippen molar-refractivity contribution in [3.05, 3.63) is 55.2 Å². The Morgan fingerprint density at radius 1 is 1.21 bits per heavy atom. The van der Waals surface area contributed by atoms with Crippen LogP contribution in [0.1, 0.15) is 31.4 Å². The summed E-state index contributed by atoms with van der Waals surface area (Å²) >= 11 is 6.20. The fraction of sp³-hybridized carbons (Fsp3) is 0.455. The van der Waals surface area contributed by atoms with Crippen LogP contribution in [0.5, 0.6) is 5.75 Å². The van der Waals surface area contributed by atoms with Crippen LogP contribution in [-0.4, -0.2) is 44.6 Å².